The standard InChI is InChI=1S/C13H18N4O/c1-3-11(10-7-5-4-6-8-10)15-13-17-16-12(18-13)9-14-2/h4-8,11,14H,3,9H2,1-2H3,(H,15,17). The van der Waals surface area contributed by atoms with Crippen molar-refractivity contribution in [1.82, 2.24) is 15.5 Å². The van der Waals surface area contributed by atoms with E-state index in [1.54, 1.807) is 0 Å². The van der Waals surface area contributed by atoms with E-state index < -0.39 is 0 Å². The molecule has 0 saturated heterocycles. The van der Waals surface area contributed by atoms with Gasteiger partial charge in [0, 0.05) is 0 Å². The number of hydrogen-bond acceptors (Lipinski definition) is 5. The zero-order valence-electron chi connectivity index (χ0n) is 10.7. The molecule has 1 aromatic carbocycles. The molecule has 1 aromatic heterocycles. The maximum Gasteiger partial charge on any atom is 0.315 e. The van der Waals surface area contributed by atoms with Gasteiger partial charge in [-0.2, -0.15) is 0 Å². The van der Waals surface area contributed by atoms with Crippen molar-refractivity contribution < 1.29 is 4.42 Å². The molecule has 0 fully saturated rings. The summed E-state index contributed by atoms with van der Waals surface area (Å²) >= 11 is 0. The Hall–Kier alpha value is -1.88. The second-order valence-corrected chi connectivity index (χ2v) is 4.05. The number of hydrogen-bond donors (Lipinski definition) is 2. The lowest BCUT2D eigenvalue weighted by Gasteiger charge is -2.15. The Balaban J connectivity index is 2.06. The van der Waals surface area contributed by atoms with E-state index in [0.717, 1.165) is 6.42 Å². The number of anilines is 1. The minimum absolute atomic E-state index is 0.189. The molecule has 0 radical (unpaired) electrons. The highest BCUT2D eigenvalue weighted by Gasteiger charge is 2.12. The van der Waals surface area contributed by atoms with Crippen molar-refractivity contribution in [2.45, 2.75) is 25.9 Å². The van der Waals surface area contributed by atoms with Gasteiger partial charge in [-0.1, -0.05) is 42.4 Å². The molecular formula is C13H18N4O. The summed E-state index contributed by atoms with van der Waals surface area (Å²) in [5.74, 6) is 0.586. The van der Waals surface area contributed by atoms with Crippen molar-refractivity contribution in [3.63, 3.8) is 0 Å². The monoisotopic (exact) mass is 246 g/mol. The Labute approximate surface area is 107 Å². The van der Waals surface area contributed by atoms with Crippen molar-refractivity contribution in [2.24, 2.45) is 0 Å². The summed E-state index contributed by atoms with van der Waals surface area (Å²) in [5.41, 5.74) is 1.22. The molecule has 0 aliphatic rings. The SMILES string of the molecule is CCC(Nc1nnc(CNC)o1)c1ccccc1. The predicted octanol–water partition coefficient (Wildman–Crippen LogP) is 2.35. The zero-order valence-corrected chi connectivity index (χ0v) is 10.7. The summed E-state index contributed by atoms with van der Waals surface area (Å²) in [5, 5.41) is 14.2. The molecule has 1 unspecified atom stereocenters. The van der Waals surface area contributed by atoms with Crippen LogP contribution in [0.15, 0.2) is 34.7 Å². The highest BCUT2D eigenvalue weighted by atomic mass is 16.4. The highest BCUT2D eigenvalue weighted by Crippen LogP contribution is 2.21. The second kappa shape index (κ2) is 6.16. The van der Waals surface area contributed by atoms with Crippen molar-refractivity contribution in [3.05, 3.63) is 41.8 Å². The van der Waals surface area contributed by atoms with Crippen LogP contribution in [0.3, 0.4) is 0 Å². The van der Waals surface area contributed by atoms with E-state index in [1.807, 2.05) is 25.2 Å². The van der Waals surface area contributed by atoms with Crippen molar-refractivity contribution >= 4 is 6.01 Å². The van der Waals surface area contributed by atoms with Gasteiger partial charge in [-0.3, -0.25) is 0 Å². The molecule has 2 aromatic rings. The van der Waals surface area contributed by atoms with Crippen LogP contribution in [0.25, 0.3) is 0 Å². The van der Waals surface area contributed by atoms with Gasteiger partial charge in [0.1, 0.15) is 0 Å². The molecule has 18 heavy (non-hydrogen) atoms. The molecule has 0 spiro atoms. The fraction of sp³-hybridized carbons (Fsp3) is 0.385. The average Bonchev–Trinajstić information content (AvgIpc) is 2.85. The fourth-order valence-electron chi connectivity index (χ4n) is 1.79. The molecule has 2 N–H and O–H groups in total. The lowest BCUT2D eigenvalue weighted by Crippen LogP contribution is -2.09. The quantitative estimate of drug-likeness (QED) is 0.819. The topological polar surface area (TPSA) is 63.0 Å². The summed E-state index contributed by atoms with van der Waals surface area (Å²) in [6, 6.07) is 10.9. The van der Waals surface area contributed by atoms with Crippen LogP contribution in [-0.2, 0) is 6.54 Å². The number of rotatable bonds is 6. The third-order valence-corrected chi connectivity index (χ3v) is 2.70. The Bertz CT molecular complexity index is 469. The number of nitrogens with zero attached hydrogens (tertiary/aromatic N) is 2. The summed E-state index contributed by atoms with van der Waals surface area (Å²) in [6.07, 6.45) is 0.952. The average molecular weight is 246 g/mol. The third kappa shape index (κ3) is 3.07. The van der Waals surface area contributed by atoms with Crippen LogP contribution < -0.4 is 10.6 Å². The first-order valence-corrected chi connectivity index (χ1v) is 6.12. The number of nitrogens with one attached hydrogen (secondary N) is 2. The predicted molar refractivity (Wildman–Crippen MR) is 70.2 cm³/mol. The van der Waals surface area contributed by atoms with E-state index in [2.05, 4.69) is 39.9 Å². The van der Waals surface area contributed by atoms with E-state index in [-0.39, 0.29) is 6.04 Å². The molecule has 96 valence electrons. The van der Waals surface area contributed by atoms with Gasteiger partial charge in [-0.25, -0.2) is 0 Å². The maximum absolute atomic E-state index is 5.48. The molecule has 1 atom stereocenters. The first-order valence-electron chi connectivity index (χ1n) is 6.12. The minimum Gasteiger partial charge on any atom is -0.407 e. The first-order chi connectivity index (χ1) is 8.83. The Morgan fingerprint density at radius 3 is 2.67 bits per heavy atom. The molecule has 5 heteroatoms. The van der Waals surface area contributed by atoms with Gasteiger partial charge in [-0.15, -0.1) is 5.10 Å². The van der Waals surface area contributed by atoms with Crippen LogP contribution in [0.4, 0.5) is 6.01 Å². The summed E-state index contributed by atoms with van der Waals surface area (Å²) in [4.78, 5) is 0. The summed E-state index contributed by atoms with van der Waals surface area (Å²) < 4.78 is 5.48. The maximum atomic E-state index is 5.48. The van der Waals surface area contributed by atoms with Gasteiger partial charge in [0.15, 0.2) is 0 Å². The van der Waals surface area contributed by atoms with Crippen LogP contribution in [0, 0.1) is 0 Å². The van der Waals surface area contributed by atoms with Crippen LogP contribution in [0.1, 0.15) is 30.8 Å². The van der Waals surface area contributed by atoms with Crippen molar-refractivity contribution in [3.8, 4) is 0 Å². The second-order valence-electron chi connectivity index (χ2n) is 4.05. The lowest BCUT2D eigenvalue weighted by molar-refractivity contribution is 0.483. The fourth-order valence-corrected chi connectivity index (χ4v) is 1.79. The molecule has 0 aliphatic carbocycles. The third-order valence-electron chi connectivity index (χ3n) is 2.70. The molecular weight excluding hydrogens is 228 g/mol. The molecule has 5 nitrogen and oxygen atoms in total. The Morgan fingerprint density at radius 2 is 2.00 bits per heavy atom. The largest absolute Gasteiger partial charge is 0.407 e. The van der Waals surface area contributed by atoms with E-state index in [9.17, 15) is 0 Å². The van der Waals surface area contributed by atoms with Crippen LogP contribution in [0.2, 0.25) is 0 Å². The van der Waals surface area contributed by atoms with E-state index >= 15 is 0 Å². The molecule has 0 amide bonds. The van der Waals surface area contributed by atoms with E-state index in [4.69, 9.17) is 4.42 Å². The molecule has 2 rings (SSSR count). The normalized spacial score (nSPS) is 12.3. The van der Waals surface area contributed by atoms with Gasteiger partial charge in [0.25, 0.3) is 0 Å². The van der Waals surface area contributed by atoms with E-state index in [1.165, 1.54) is 5.56 Å². The van der Waals surface area contributed by atoms with Crippen LogP contribution >= 0.6 is 0 Å². The first kappa shape index (κ1) is 12.6. The van der Waals surface area contributed by atoms with Crippen LogP contribution in [-0.4, -0.2) is 17.2 Å². The number of benzene rings is 1. The summed E-state index contributed by atoms with van der Waals surface area (Å²) in [6.45, 7) is 2.70. The molecule has 0 bridgehead atoms. The van der Waals surface area contributed by atoms with Crippen molar-refractivity contribution in [2.75, 3.05) is 12.4 Å². The molecule has 0 aliphatic heterocycles. The minimum atomic E-state index is 0.189. The summed E-state index contributed by atoms with van der Waals surface area (Å²) in [7, 11) is 1.84. The van der Waals surface area contributed by atoms with Gasteiger partial charge < -0.3 is 15.1 Å². The molecule has 1 heterocycles. The zero-order chi connectivity index (χ0) is 12.8. The Kier molecular flexibility index (Phi) is 4.30. The number of aromatic nitrogens is 2. The van der Waals surface area contributed by atoms with Gasteiger partial charge in [0.05, 0.1) is 12.6 Å². The van der Waals surface area contributed by atoms with E-state index in [0.29, 0.717) is 18.5 Å². The van der Waals surface area contributed by atoms with Gasteiger partial charge in [-0.05, 0) is 19.0 Å². The highest BCUT2D eigenvalue weighted by molar-refractivity contribution is 5.28. The van der Waals surface area contributed by atoms with Crippen LogP contribution in [0.5, 0.6) is 0 Å². The van der Waals surface area contributed by atoms with Crippen molar-refractivity contribution in [1.29, 1.82) is 0 Å². The van der Waals surface area contributed by atoms with Gasteiger partial charge >= 0.3 is 6.01 Å². The Morgan fingerprint density at radius 1 is 1.22 bits per heavy atom. The lowest BCUT2D eigenvalue weighted by atomic mass is 10.1. The molecule has 0 saturated carbocycles. The van der Waals surface area contributed by atoms with Gasteiger partial charge in [0.2, 0.25) is 5.89 Å². The smallest absolute Gasteiger partial charge is 0.315 e.